The average molecular weight is 338 g/mol. The fourth-order valence-electron chi connectivity index (χ4n) is 2.54. The van der Waals surface area contributed by atoms with E-state index in [1.54, 1.807) is 0 Å². The summed E-state index contributed by atoms with van der Waals surface area (Å²) in [6.45, 7) is 2.02. The van der Waals surface area contributed by atoms with Gasteiger partial charge in [0.05, 0.1) is 5.92 Å². The lowest BCUT2D eigenvalue weighted by atomic mass is 9.98. The zero-order valence-corrected chi connectivity index (χ0v) is 14.1. The highest BCUT2D eigenvalue weighted by molar-refractivity contribution is 7.10. The van der Waals surface area contributed by atoms with Crippen molar-refractivity contribution in [2.45, 2.75) is 19.3 Å². The second-order valence-electron chi connectivity index (χ2n) is 5.67. The normalized spacial score (nSPS) is 11.9. The molecule has 4 heteroatoms. The van der Waals surface area contributed by atoms with E-state index in [9.17, 15) is 9.90 Å². The molecule has 0 spiro atoms. The second-order valence-corrected chi connectivity index (χ2v) is 6.65. The number of thiophene rings is 1. The Labute approximate surface area is 145 Å². The van der Waals surface area contributed by atoms with Crippen LogP contribution >= 0.6 is 11.3 Å². The molecule has 1 heterocycles. The van der Waals surface area contributed by atoms with E-state index >= 15 is 0 Å². The van der Waals surface area contributed by atoms with Gasteiger partial charge in [-0.15, -0.1) is 11.3 Å². The van der Waals surface area contributed by atoms with Crippen LogP contribution in [-0.4, -0.2) is 11.1 Å². The summed E-state index contributed by atoms with van der Waals surface area (Å²) in [5.74, 6) is 0.239. The maximum atomic E-state index is 11.5. The predicted molar refractivity (Wildman–Crippen MR) is 96.1 cm³/mol. The minimum absolute atomic E-state index is 0.473. The molecule has 0 fully saturated rings. The zero-order chi connectivity index (χ0) is 16.9. The lowest BCUT2D eigenvalue weighted by molar-refractivity contribution is -0.138. The third-order valence-electron chi connectivity index (χ3n) is 3.77. The Hall–Kier alpha value is -2.59. The van der Waals surface area contributed by atoms with Crippen LogP contribution < -0.4 is 4.74 Å². The van der Waals surface area contributed by atoms with Crippen molar-refractivity contribution in [3.8, 4) is 11.5 Å². The standard InChI is InChI=1S/C20H18O3S/c1-14-4-2-5-17(12-14)23-16-9-7-15(8-10-16)13-18(20(21)22)19-6-3-11-24-19/h2-12,18H,13H2,1H3,(H,21,22). The summed E-state index contributed by atoms with van der Waals surface area (Å²) in [6.07, 6.45) is 0.473. The number of ether oxygens (including phenoxy) is 1. The van der Waals surface area contributed by atoms with Gasteiger partial charge in [-0.3, -0.25) is 4.79 Å². The van der Waals surface area contributed by atoms with Crippen molar-refractivity contribution < 1.29 is 14.6 Å². The summed E-state index contributed by atoms with van der Waals surface area (Å²) >= 11 is 1.48. The van der Waals surface area contributed by atoms with Crippen molar-refractivity contribution in [1.29, 1.82) is 0 Å². The van der Waals surface area contributed by atoms with E-state index in [0.717, 1.165) is 27.5 Å². The lowest BCUT2D eigenvalue weighted by Crippen LogP contribution is -2.13. The SMILES string of the molecule is Cc1cccc(Oc2ccc(CC(C(=O)O)c3cccs3)cc2)c1. The topological polar surface area (TPSA) is 46.5 Å². The van der Waals surface area contributed by atoms with Gasteiger partial charge in [0.15, 0.2) is 0 Å². The molecule has 3 rings (SSSR count). The third kappa shape index (κ3) is 4.03. The zero-order valence-electron chi connectivity index (χ0n) is 13.3. The number of carbonyl (C=O) groups is 1. The molecule has 1 aromatic heterocycles. The minimum Gasteiger partial charge on any atom is -0.481 e. The van der Waals surface area contributed by atoms with E-state index in [0.29, 0.717) is 6.42 Å². The summed E-state index contributed by atoms with van der Waals surface area (Å²) in [7, 11) is 0. The molecular weight excluding hydrogens is 320 g/mol. The van der Waals surface area contributed by atoms with Crippen molar-refractivity contribution in [3.05, 3.63) is 82.0 Å². The first-order chi connectivity index (χ1) is 11.6. The summed E-state index contributed by atoms with van der Waals surface area (Å²) in [4.78, 5) is 12.4. The molecule has 1 N–H and O–H groups in total. The Morgan fingerprint density at radius 3 is 2.50 bits per heavy atom. The van der Waals surface area contributed by atoms with Gasteiger partial charge in [0.1, 0.15) is 11.5 Å². The molecule has 0 radical (unpaired) electrons. The van der Waals surface area contributed by atoms with Crippen LogP contribution in [0.1, 0.15) is 21.9 Å². The molecule has 0 amide bonds. The summed E-state index contributed by atoms with van der Waals surface area (Å²) < 4.78 is 5.82. The highest BCUT2D eigenvalue weighted by Crippen LogP contribution is 2.27. The molecule has 0 bridgehead atoms. The molecule has 1 unspecified atom stereocenters. The van der Waals surface area contributed by atoms with E-state index in [1.807, 2.05) is 73.0 Å². The van der Waals surface area contributed by atoms with Gasteiger partial charge >= 0.3 is 5.97 Å². The lowest BCUT2D eigenvalue weighted by Gasteiger charge is -2.11. The van der Waals surface area contributed by atoms with Gasteiger partial charge in [-0.2, -0.15) is 0 Å². The number of carboxylic acids is 1. The van der Waals surface area contributed by atoms with Gasteiger partial charge in [-0.25, -0.2) is 0 Å². The van der Waals surface area contributed by atoms with E-state index in [1.165, 1.54) is 11.3 Å². The van der Waals surface area contributed by atoms with Gasteiger partial charge in [0, 0.05) is 4.88 Å². The van der Waals surface area contributed by atoms with Crippen molar-refractivity contribution in [2.24, 2.45) is 0 Å². The van der Waals surface area contributed by atoms with Gasteiger partial charge in [-0.1, -0.05) is 30.3 Å². The maximum absolute atomic E-state index is 11.5. The number of aryl methyl sites for hydroxylation is 1. The fourth-order valence-corrected chi connectivity index (χ4v) is 3.36. The highest BCUT2D eigenvalue weighted by Gasteiger charge is 2.21. The van der Waals surface area contributed by atoms with Gasteiger partial charge in [0.25, 0.3) is 0 Å². The first-order valence-corrected chi connectivity index (χ1v) is 8.59. The number of benzene rings is 2. The van der Waals surface area contributed by atoms with E-state index in [-0.39, 0.29) is 0 Å². The second kappa shape index (κ2) is 7.32. The molecule has 1 atom stereocenters. The molecule has 0 saturated heterocycles. The van der Waals surface area contributed by atoms with Crippen LogP contribution in [0.5, 0.6) is 11.5 Å². The van der Waals surface area contributed by atoms with Crippen molar-refractivity contribution in [1.82, 2.24) is 0 Å². The Kier molecular flexibility index (Phi) is 4.96. The van der Waals surface area contributed by atoms with Crippen LogP contribution in [0.25, 0.3) is 0 Å². The first-order valence-electron chi connectivity index (χ1n) is 7.71. The number of aliphatic carboxylic acids is 1. The van der Waals surface area contributed by atoms with Crippen LogP contribution in [0.3, 0.4) is 0 Å². The van der Waals surface area contributed by atoms with Crippen molar-refractivity contribution >= 4 is 17.3 Å². The van der Waals surface area contributed by atoms with Crippen molar-refractivity contribution in [2.75, 3.05) is 0 Å². The largest absolute Gasteiger partial charge is 0.481 e. The molecule has 0 aliphatic rings. The molecular formula is C20H18O3S. The van der Waals surface area contributed by atoms with Crippen LogP contribution in [0.2, 0.25) is 0 Å². The Morgan fingerprint density at radius 2 is 1.88 bits per heavy atom. The van der Waals surface area contributed by atoms with E-state index < -0.39 is 11.9 Å². The van der Waals surface area contributed by atoms with Crippen molar-refractivity contribution in [3.63, 3.8) is 0 Å². The number of hydrogen-bond donors (Lipinski definition) is 1. The molecule has 3 aromatic rings. The summed E-state index contributed by atoms with van der Waals surface area (Å²) in [5.41, 5.74) is 2.12. The third-order valence-corrected chi connectivity index (χ3v) is 4.76. The Bertz CT molecular complexity index is 807. The van der Waals surface area contributed by atoms with Crippen LogP contribution in [0, 0.1) is 6.92 Å². The Balaban J connectivity index is 1.71. The predicted octanol–water partition coefficient (Wildman–Crippen LogP) is 5.26. The molecule has 0 aliphatic heterocycles. The monoisotopic (exact) mass is 338 g/mol. The smallest absolute Gasteiger partial charge is 0.312 e. The number of carboxylic acid groups (broad SMARTS) is 1. The van der Waals surface area contributed by atoms with Crippen LogP contribution in [-0.2, 0) is 11.2 Å². The van der Waals surface area contributed by atoms with E-state index in [4.69, 9.17) is 4.74 Å². The van der Waals surface area contributed by atoms with Crippen LogP contribution in [0.15, 0.2) is 66.0 Å². The van der Waals surface area contributed by atoms with Gasteiger partial charge < -0.3 is 9.84 Å². The Morgan fingerprint density at radius 1 is 1.08 bits per heavy atom. The highest BCUT2D eigenvalue weighted by atomic mass is 32.1. The van der Waals surface area contributed by atoms with E-state index in [2.05, 4.69) is 0 Å². The van der Waals surface area contributed by atoms with Gasteiger partial charge in [-0.05, 0) is 60.2 Å². The molecule has 122 valence electrons. The van der Waals surface area contributed by atoms with Gasteiger partial charge in [0.2, 0.25) is 0 Å². The molecule has 24 heavy (non-hydrogen) atoms. The first kappa shape index (κ1) is 16.3. The summed E-state index contributed by atoms with van der Waals surface area (Å²) in [6, 6.07) is 19.2. The van der Waals surface area contributed by atoms with Crippen LogP contribution in [0.4, 0.5) is 0 Å². The fraction of sp³-hybridized carbons (Fsp3) is 0.150. The average Bonchev–Trinajstić information content (AvgIpc) is 3.08. The number of hydrogen-bond acceptors (Lipinski definition) is 3. The number of rotatable bonds is 6. The quantitative estimate of drug-likeness (QED) is 0.667. The molecule has 0 aliphatic carbocycles. The summed E-state index contributed by atoms with van der Waals surface area (Å²) in [5, 5.41) is 11.4. The minimum atomic E-state index is -0.794. The maximum Gasteiger partial charge on any atom is 0.312 e. The molecule has 2 aromatic carbocycles. The molecule has 0 saturated carbocycles. The molecule has 3 nitrogen and oxygen atoms in total.